The van der Waals surface area contributed by atoms with Crippen molar-refractivity contribution in [3.05, 3.63) is 64.5 Å². The van der Waals surface area contributed by atoms with E-state index in [1.54, 1.807) is 17.0 Å². The number of aromatic amines is 1. The van der Waals surface area contributed by atoms with Gasteiger partial charge in [-0.15, -0.1) is 0 Å². The molecule has 1 aliphatic rings. The van der Waals surface area contributed by atoms with Gasteiger partial charge in [0.15, 0.2) is 5.82 Å². The van der Waals surface area contributed by atoms with Crippen molar-refractivity contribution < 1.29 is 9.72 Å². The number of H-pyrrole nitrogens is 1. The largest absolute Gasteiger partial charge is 0.368 e. The SMILES string of the molecule is Cc1nc(-c2cccc(NC(=O)N3CCN(c4ccc([N+](=O)[O-])cc4)CC3)c2)n[nH]1. The Kier molecular flexibility index (Phi) is 5.29. The van der Waals surface area contributed by atoms with Crippen LogP contribution in [0.5, 0.6) is 0 Å². The number of benzene rings is 2. The van der Waals surface area contributed by atoms with Gasteiger partial charge >= 0.3 is 6.03 Å². The van der Waals surface area contributed by atoms with Gasteiger partial charge in [-0.1, -0.05) is 12.1 Å². The zero-order chi connectivity index (χ0) is 21.1. The average molecular weight is 407 g/mol. The highest BCUT2D eigenvalue weighted by molar-refractivity contribution is 5.90. The molecule has 0 atom stereocenters. The van der Waals surface area contributed by atoms with Crippen molar-refractivity contribution in [2.24, 2.45) is 0 Å². The molecular weight excluding hydrogens is 386 g/mol. The molecule has 0 radical (unpaired) electrons. The Morgan fingerprint density at radius 3 is 2.50 bits per heavy atom. The average Bonchev–Trinajstić information content (AvgIpc) is 3.20. The second-order valence-corrected chi connectivity index (χ2v) is 7.00. The van der Waals surface area contributed by atoms with Crippen LogP contribution in [0, 0.1) is 17.0 Å². The van der Waals surface area contributed by atoms with Crippen LogP contribution in [0.1, 0.15) is 5.82 Å². The van der Waals surface area contributed by atoms with Gasteiger partial charge in [0.25, 0.3) is 5.69 Å². The fraction of sp³-hybridized carbons (Fsp3) is 0.250. The van der Waals surface area contributed by atoms with Gasteiger partial charge in [-0.05, 0) is 31.2 Å². The molecule has 30 heavy (non-hydrogen) atoms. The van der Waals surface area contributed by atoms with Crippen LogP contribution >= 0.6 is 0 Å². The third-order valence-corrected chi connectivity index (χ3v) is 4.96. The summed E-state index contributed by atoms with van der Waals surface area (Å²) in [6.45, 7) is 4.26. The van der Waals surface area contributed by atoms with Crippen LogP contribution in [0.4, 0.5) is 21.9 Å². The van der Waals surface area contributed by atoms with E-state index in [1.807, 2.05) is 31.2 Å². The summed E-state index contributed by atoms with van der Waals surface area (Å²) in [5, 5.41) is 20.7. The zero-order valence-corrected chi connectivity index (χ0v) is 16.4. The second kappa shape index (κ2) is 8.19. The minimum absolute atomic E-state index is 0.0687. The van der Waals surface area contributed by atoms with Crippen LogP contribution in [0.2, 0.25) is 0 Å². The van der Waals surface area contributed by atoms with Crippen molar-refractivity contribution in [3.63, 3.8) is 0 Å². The van der Waals surface area contributed by atoms with Crippen molar-refractivity contribution >= 4 is 23.1 Å². The minimum atomic E-state index is -0.412. The van der Waals surface area contributed by atoms with E-state index in [1.165, 1.54) is 12.1 Å². The Labute approximate surface area is 172 Å². The summed E-state index contributed by atoms with van der Waals surface area (Å²) in [4.78, 5) is 31.2. The number of carbonyl (C=O) groups excluding carboxylic acids is 1. The van der Waals surface area contributed by atoms with Crippen molar-refractivity contribution in [1.29, 1.82) is 0 Å². The smallest absolute Gasteiger partial charge is 0.321 e. The Hall–Kier alpha value is -3.95. The molecular formula is C20H21N7O3. The number of anilines is 2. The van der Waals surface area contributed by atoms with E-state index in [2.05, 4.69) is 25.4 Å². The highest BCUT2D eigenvalue weighted by Crippen LogP contribution is 2.22. The van der Waals surface area contributed by atoms with Gasteiger partial charge in [0.1, 0.15) is 5.82 Å². The van der Waals surface area contributed by atoms with E-state index >= 15 is 0 Å². The maximum atomic E-state index is 12.7. The lowest BCUT2D eigenvalue weighted by Crippen LogP contribution is -2.50. The van der Waals surface area contributed by atoms with Crippen molar-refractivity contribution in [1.82, 2.24) is 20.1 Å². The molecule has 10 heteroatoms. The summed E-state index contributed by atoms with van der Waals surface area (Å²) in [7, 11) is 0. The normalized spacial score (nSPS) is 13.9. The number of nitro benzene ring substituents is 1. The lowest BCUT2D eigenvalue weighted by Gasteiger charge is -2.36. The standard InChI is InChI=1S/C20H21N7O3/c1-14-21-19(24-23-14)15-3-2-4-16(13-15)22-20(28)26-11-9-25(10-12-26)17-5-7-18(8-6-17)27(29)30/h2-8,13H,9-12H2,1H3,(H,22,28)(H,21,23,24). The molecule has 10 nitrogen and oxygen atoms in total. The van der Waals surface area contributed by atoms with E-state index in [9.17, 15) is 14.9 Å². The molecule has 154 valence electrons. The van der Waals surface area contributed by atoms with E-state index in [0.29, 0.717) is 37.7 Å². The van der Waals surface area contributed by atoms with Gasteiger partial charge in [0, 0.05) is 55.2 Å². The third-order valence-electron chi connectivity index (χ3n) is 4.96. The predicted molar refractivity (Wildman–Crippen MR) is 112 cm³/mol. The number of piperazine rings is 1. The number of aryl methyl sites for hydroxylation is 1. The van der Waals surface area contributed by atoms with E-state index < -0.39 is 4.92 Å². The highest BCUT2D eigenvalue weighted by atomic mass is 16.6. The first-order chi connectivity index (χ1) is 14.5. The molecule has 0 saturated carbocycles. The van der Waals surface area contributed by atoms with Gasteiger partial charge in [0.2, 0.25) is 0 Å². The van der Waals surface area contributed by atoms with Gasteiger partial charge in [-0.25, -0.2) is 9.78 Å². The Bertz CT molecular complexity index is 1060. The fourth-order valence-electron chi connectivity index (χ4n) is 3.36. The Morgan fingerprint density at radius 2 is 1.87 bits per heavy atom. The maximum Gasteiger partial charge on any atom is 0.321 e. The molecule has 2 heterocycles. The maximum absolute atomic E-state index is 12.7. The summed E-state index contributed by atoms with van der Waals surface area (Å²) >= 11 is 0. The van der Waals surface area contributed by atoms with Gasteiger partial charge in [-0.3, -0.25) is 15.2 Å². The van der Waals surface area contributed by atoms with Gasteiger partial charge in [-0.2, -0.15) is 5.10 Å². The zero-order valence-electron chi connectivity index (χ0n) is 16.4. The molecule has 2 N–H and O–H groups in total. The van der Waals surface area contributed by atoms with Crippen LogP contribution in [0.3, 0.4) is 0 Å². The summed E-state index contributed by atoms with van der Waals surface area (Å²) in [5.41, 5.74) is 2.48. The second-order valence-electron chi connectivity index (χ2n) is 7.00. The first kappa shape index (κ1) is 19.4. The Balaban J connectivity index is 1.35. The molecule has 4 rings (SSSR count). The van der Waals surface area contributed by atoms with Crippen LogP contribution < -0.4 is 10.2 Å². The first-order valence-electron chi connectivity index (χ1n) is 9.54. The number of carbonyl (C=O) groups is 1. The quantitative estimate of drug-likeness (QED) is 0.507. The van der Waals surface area contributed by atoms with Gasteiger partial charge < -0.3 is 15.1 Å². The molecule has 0 spiro atoms. The van der Waals surface area contributed by atoms with Crippen molar-refractivity contribution in [3.8, 4) is 11.4 Å². The number of aromatic nitrogens is 3. The molecule has 0 aliphatic carbocycles. The molecule has 1 saturated heterocycles. The summed E-state index contributed by atoms with van der Waals surface area (Å²) in [6, 6.07) is 13.7. The van der Waals surface area contributed by atoms with Crippen molar-refractivity contribution in [2.75, 3.05) is 36.4 Å². The minimum Gasteiger partial charge on any atom is -0.368 e. The van der Waals surface area contributed by atoms with Crippen LogP contribution in [-0.4, -0.2) is 57.2 Å². The number of non-ortho nitro benzene ring substituents is 1. The number of nitro groups is 1. The van der Waals surface area contributed by atoms with E-state index in [-0.39, 0.29) is 11.7 Å². The summed E-state index contributed by atoms with van der Waals surface area (Å²) in [6.07, 6.45) is 0. The lowest BCUT2D eigenvalue weighted by molar-refractivity contribution is -0.384. The van der Waals surface area contributed by atoms with Gasteiger partial charge in [0.05, 0.1) is 4.92 Å². The number of hydrogen-bond donors (Lipinski definition) is 2. The predicted octanol–water partition coefficient (Wildman–Crippen LogP) is 3.04. The number of nitrogens with one attached hydrogen (secondary N) is 2. The molecule has 1 aromatic heterocycles. The number of urea groups is 1. The van der Waals surface area contributed by atoms with E-state index in [4.69, 9.17) is 0 Å². The monoisotopic (exact) mass is 407 g/mol. The van der Waals surface area contributed by atoms with Crippen LogP contribution in [0.15, 0.2) is 48.5 Å². The van der Waals surface area contributed by atoms with Crippen LogP contribution in [-0.2, 0) is 0 Å². The van der Waals surface area contributed by atoms with E-state index in [0.717, 1.165) is 17.1 Å². The lowest BCUT2D eigenvalue weighted by atomic mass is 10.2. The number of hydrogen-bond acceptors (Lipinski definition) is 6. The molecule has 0 unspecified atom stereocenters. The topological polar surface area (TPSA) is 120 Å². The molecule has 2 aromatic carbocycles. The number of rotatable bonds is 4. The number of amides is 2. The van der Waals surface area contributed by atoms with Crippen LogP contribution in [0.25, 0.3) is 11.4 Å². The molecule has 3 aromatic rings. The summed E-state index contributed by atoms with van der Waals surface area (Å²) < 4.78 is 0. The highest BCUT2D eigenvalue weighted by Gasteiger charge is 2.22. The molecule has 2 amide bonds. The third kappa shape index (κ3) is 4.22. The molecule has 0 bridgehead atoms. The molecule has 1 fully saturated rings. The Morgan fingerprint density at radius 1 is 1.13 bits per heavy atom. The van der Waals surface area contributed by atoms with Crippen molar-refractivity contribution in [2.45, 2.75) is 6.92 Å². The number of nitrogens with zero attached hydrogens (tertiary/aromatic N) is 5. The molecule has 1 aliphatic heterocycles. The first-order valence-corrected chi connectivity index (χ1v) is 9.54. The summed E-state index contributed by atoms with van der Waals surface area (Å²) in [5.74, 6) is 1.31. The fourth-order valence-corrected chi connectivity index (χ4v) is 3.36.